The second kappa shape index (κ2) is 6.42. The maximum atomic E-state index is 11.5. The number of aromatic hydroxyl groups is 1. The lowest BCUT2D eigenvalue weighted by Crippen LogP contribution is -2.24. The fourth-order valence-corrected chi connectivity index (χ4v) is 2.50. The molecule has 0 radical (unpaired) electrons. The molecule has 0 saturated carbocycles. The molecule has 0 unspecified atom stereocenters. The van der Waals surface area contributed by atoms with E-state index in [1.165, 1.54) is 31.2 Å². The van der Waals surface area contributed by atoms with Gasteiger partial charge in [0.05, 0.1) is 18.6 Å². The average molecular weight is 293 g/mol. The van der Waals surface area contributed by atoms with E-state index in [0.29, 0.717) is 10.9 Å². The van der Waals surface area contributed by atoms with Crippen molar-refractivity contribution in [3.8, 4) is 11.5 Å². The van der Waals surface area contributed by atoms with E-state index < -0.39 is 0 Å². The number of hydrogen-bond acceptors (Lipinski definition) is 6. The molecule has 1 atom stereocenters. The molecule has 7 heteroatoms. The topological polar surface area (TPSA) is 83.3 Å². The van der Waals surface area contributed by atoms with E-state index in [1.807, 2.05) is 6.92 Å². The number of ether oxygens (including phenoxy) is 1. The summed E-state index contributed by atoms with van der Waals surface area (Å²) in [5, 5.41) is 20.4. The van der Waals surface area contributed by atoms with Crippen LogP contribution in [-0.2, 0) is 4.79 Å². The van der Waals surface area contributed by atoms with Crippen LogP contribution in [0.25, 0.3) is 0 Å². The Bertz CT molecular complexity index is 572. The van der Waals surface area contributed by atoms with Crippen molar-refractivity contribution in [2.24, 2.45) is 10.2 Å². The summed E-state index contributed by atoms with van der Waals surface area (Å²) in [5.41, 5.74) is 0.741. The predicted molar refractivity (Wildman–Crippen MR) is 79.5 cm³/mol. The maximum absolute atomic E-state index is 11.5. The van der Waals surface area contributed by atoms with E-state index in [2.05, 4.69) is 15.5 Å². The highest BCUT2D eigenvalue weighted by Gasteiger charge is 2.28. The van der Waals surface area contributed by atoms with E-state index in [0.717, 1.165) is 12.0 Å². The zero-order valence-electron chi connectivity index (χ0n) is 11.2. The fourth-order valence-electron chi connectivity index (χ4n) is 1.64. The van der Waals surface area contributed by atoms with Crippen molar-refractivity contribution in [2.75, 3.05) is 7.11 Å². The van der Waals surface area contributed by atoms with E-state index >= 15 is 0 Å². The maximum Gasteiger partial charge on any atom is 0.239 e. The fraction of sp³-hybridized carbons (Fsp3) is 0.308. The minimum Gasteiger partial charge on any atom is -0.504 e. The van der Waals surface area contributed by atoms with Gasteiger partial charge in [-0.25, -0.2) is 0 Å². The van der Waals surface area contributed by atoms with Crippen molar-refractivity contribution in [3.63, 3.8) is 0 Å². The number of methoxy groups -OCH3 is 1. The molecule has 1 aliphatic heterocycles. The van der Waals surface area contributed by atoms with Gasteiger partial charge in [0.25, 0.3) is 0 Å². The molecule has 1 heterocycles. The van der Waals surface area contributed by atoms with Gasteiger partial charge in [-0.2, -0.15) is 5.10 Å². The summed E-state index contributed by atoms with van der Waals surface area (Å²) in [6.45, 7) is 1.95. The van der Waals surface area contributed by atoms with Crippen LogP contribution in [0.4, 0.5) is 0 Å². The van der Waals surface area contributed by atoms with Crippen molar-refractivity contribution < 1.29 is 14.6 Å². The molecule has 1 aromatic rings. The molecule has 0 bridgehead atoms. The van der Waals surface area contributed by atoms with E-state index in [1.54, 1.807) is 12.1 Å². The number of nitrogens with zero attached hydrogens (tertiary/aromatic N) is 2. The van der Waals surface area contributed by atoms with Gasteiger partial charge in [-0.05, 0) is 30.2 Å². The molecule has 0 aromatic heterocycles. The third-order valence-electron chi connectivity index (χ3n) is 2.71. The van der Waals surface area contributed by atoms with Gasteiger partial charge in [-0.15, -0.1) is 5.10 Å². The molecular formula is C13H15N3O3S. The van der Waals surface area contributed by atoms with Gasteiger partial charge in [0.15, 0.2) is 16.7 Å². The molecule has 0 aliphatic carbocycles. The van der Waals surface area contributed by atoms with Crippen LogP contribution in [0.5, 0.6) is 11.5 Å². The molecule has 1 saturated heterocycles. The number of phenolic OH excluding ortho intramolecular Hbond substituents is 1. The van der Waals surface area contributed by atoms with Gasteiger partial charge in [0, 0.05) is 0 Å². The molecule has 1 fully saturated rings. The number of carbonyl (C=O) groups excluding carboxylic acids is 1. The van der Waals surface area contributed by atoms with Gasteiger partial charge in [0.2, 0.25) is 5.91 Å². The first kappa shape index (κ1) is 14.4. The molecular weight excluding hydrogens is 278 g/mol. The summed E-state index contributed by atoms with van der Waals surface area (Å²) in [7, 11) is 1.48. The molecule has 6 nitrogen and oxygen atoms in total. The Morgan fingerprint density at radius 2 is 2.35 bits per heavy atom. The minimum atomic E-state index is -0.0854. The van der Waals surface area contributed by atoms with Crippen molar-refractivity contribution >= 4 is 29.1 Å². The number of nitrogens with one attached hydrogen (secondary N) is 1. The smallest absolute Gasteiger partial charge is 0.239 e. The van der Waals surface area contributed by atoms with Crippen molar-refractivity contribution in [2.45, 2.75) is 18.6 Å². The normalized spacial score (nSPS) is 20.6. The summed E-state index contributed by atoms with van der Waals surface area (Å²) >= 11 is 1.37. The van der Waals surface area contributed by atoms with Gasteiger partial charge >= 0.3 is 0 Å². The van der Waals surface area contributed by atoms with Crippen LogP contribution >= 0.6 is 11.8 Å². The highest BCUT2D eigenvalue weighted by molar-refractivity contribution is 8.15. The van der Waals surface area contributed by atoms with Crippen LogP contribution in [0.2, 0.25) is 0 Å². The third kappa shape index (κ3) is 3.30. The number of phenols is 1. The number of benzene rings is 1. The standard InChI is InChI=1S/C13H15N3O3S/c1-3-11-12(18)15-13(20-11)16-14-7-8-4-5-9(17)10(6-8)19-2/h4-7,11,17H,3H2,1-2H3,(H,15,16,18)/b14-7-/t11-/m0/s1. The molecule has 1 amide bonds. The first-order valence-electron chi connectivity index (χ1n) is 6.09. The monoisotopic (exact) mass is 293 g/mol. The highest BCUT2D eigenvalue weighted by atomic mass is 32.2. The second-order valence-corrected chi connectivity index (χ2v) is 5.28. The molecule has 20 heavy (non-hydrogen) atoms. The van der Waals surface area contributed by atoms with Crippen LogP contribution in [0.15, 0.2) is 28.4 Å². The number of hydrogen-bond donors (Lipinski definition) is 2. The van der Waals surface area contributed by atoms with E-state index in [-0.39, 0.29) is 16.9 Å². The summed E-state index contributed by atoms with van der Waals surface area (Å²) in [6, 6.07) is 4.86. The average Bonchev–Trinajstić information content (AvgIpc) is 2.81. The van der Waals surface area contributed by atoms with E-state index in [4.69, 9.17) is 4.74 Å². The third-order valence-corrected chi connectivity index (χ3v) is 3.95. The molecule has 1 aromatic carbocycles. The summed E-state index contributed by atoms with van der Waals surface area (Å²) in [4.78, 5) is 11.5. The highest BCUT2D eigenvalue weighted by Crippen LogP contribution is 2.25. The molecule has 0 spiro atoms. The van der Waals surface area contributed by atoms with Crippen molar-refractivity contribution in [1.29, 1.82) is 0 Å². The zero-order valence-corrected chi connectivity index (χ0v) is 12.0. The lowest BCUT2D eigenvalue weighted by Gasteiger charge is -2.02. The van der Waals surface area contributed by atoms with Gasteiger partial charge < -0.3 is 15.2 Å². The first-order chi connectivity index (χ1) is 9.63. The Morgan fingerprint density at radius 3 is 3.00 bits per heavy atom. The quantitative estimate of drug-likeness (QED) is 0.654. The molecule has 2 N–H and O–H groups in total. The molecule has 106 valence electrons. The summed E-state index contributed by atoms with van der Waals surface area (Å²) in [6.07, 6.45) is 2.29. The van der Waals surface area contributed by atoms with Gasteiger partial charge in [0.1, 0.15) is 0 Å². The molecule has 2 rings (SSSR count). The van der Waals surface area contributed by atoms with Crippen LogP contribution in [0.3, 0.4) is 0 Å². The minimum absolute atomic E-state index is 0.0299. The van der Waals surface area contributed by atoms with Gasteiger partial charge in [-0.3, -0.25) is 4.79 Å². The Hall–Kier alpha value is -2.02. The van der Waals surface area contributed by atoms with Crippen LogP contribution in [0.1, 0.15) is 18.9 Å². The van der Waals surface area contributed by atoms with E-state index in [9.17, 15) is 9.90 Å². The number of carbonyl (C=O) groups is 1. The number of amides is 1. The number of rotatable bonds is 4. The lowest BCUT2D eigenvalue weighted by atomic mass is 10.2. The van der Waals surface area contributed by atoms with Crippen LogP contribution < -0.4 is 10.1 Å². The van der Waals surface area contributed by atoms with Crippen LogP contribution in [0, 0.1) is 0 Å². The first-order valence-corrected chi connectivity index (χ1v) is 6.97. The van der Waals surface area contributed by atoms with Gasteiger partial charge in [-0.1, -0.05) is 18.7 Å². The largest absolute Gasteiger partial charge is 0.504 e. The Kier molecular flexibility index (Phi) is 4.62. The number of thioether (sulfide) groups is 1. The van der Waals surface area contributed by atoms with Crippen LogP contribution in [-0.4, -0.2) is 34.8 Å². The lowest BCUT2D eigenvalue weighted by molar-refractivity contribution is -0.118. The molecule has 1 aliphatic rings. The Labute approximate surface area is 120 Å². The van der Waals surface area contributed by atoms with Crippen molar-refractivity contribution in [3.05, 3.63) is 23.8 Å². The van der Waals surface area contributed by atoms with Crippen molar-refractivity contribution in [1.82, 2.24) is 5.32 Å². The predicted octanol–water partition coefficient (Wildman–Crippen LogP) is 1.73. The second-order valence-electron chi connectivity index (χ2n) is 4.09. The Morgan fingerprint density at radius 1 is 1.55 bits per heavy atom. The summed E-state index contributed by atoms with van der Waals surface area (Å²) < 4.78 is 5.00. The SMILES string of the molecule is CC[C@@H]1S/C(=N\N=C/c2ccc(O)c(OC)c2)NC1=O. The zero-order chi connectivity index (χ0) is 14.5. The number of amidine groups is 1. The summed E-state index contributed by atoms with van der Waals surface area (Å²) in [5.74, 6) is 0.411. The Balaban J connectivity index is 2.05.